The van der Waals surface area contributed by atoms with Crippen molar-refractivity contribution < 1.29 is 9.90 Å². The number of aromatic nitrogens is 4. The molecular weight excluding hydrogens is 388 g/mol. The van der Waals surface area contributed by atoms with E-state index in [9.17, 15) is 9.90 Å². The van der Waals surface area contributed by atoms with Crippen LogP contribution in [0.15, 0.2) is 53.7 Å². The van der Waals surface area contributed by atoms with E-state index in [4.69, 9.17) is 0 Å². The molecule has 3 aromatic rings. The van der Waals surface area contributed by atoms with Gasteiger partial charge in [0.2, 0.25) is 11.1 Å². The number of hydrogen-bond donors (Lipinski definition) is 1. The monoisotopic (exact) mass is 410 g/mol. The summed E-state index contributed by atoms with van der Waals surface area (Å²) in [7, 11) is 0. The number of carbonyl (C=O) groups is 1. The number of nitrogens with zero attached hydrogens (tertiary/aromatic N) is 6. The van der Waals surface area contributed by atoms with E-state index in [1.165, 1.54) is 11.8 Å². The Morgan fingerprint density at radius 1 is 1.07 bits per heavy atom. The van der Waals surface area contributed by atoms with Crippen LogP contribution in [0.4, 0.5) is 5.69 Å². The van der Waals surface area contributed by atoms with Gasteiger partial charge in [0, 0.05) is 31.9 Å². The summed E-state index contributed by atoms with van der Waals surface area (Å²) in [5.41, 5.74) is 3.04. The fourth-order valence-electron chi connectivity index (χ4n) is 3.32. The summed E-state index contributed by atoms with van der Waals surface area (Å²) in [6.45, 7) is 4.88. The molecule has 8 nitrogen and oxygen atoms in total. The van der Waals surface area contributed by atoms with E-state index in [0.717, 1.165) is 30.0 Å². The molecule has 0 atom stereocenters. The van der Waals surface area contributed by atoms with E-state index in [1.54, 1.807) is 16.8 Å². The quantitative estimate of drug-likeness (QED) is 0.645. The zero-order chi connectivity index (χ0) is 20.2. The highest BCUT2D eigenvalue weighted by Crippen LogP contribution is 2.22. The van der Waals surface area contributed by atoms with Crippen LogP contribution in [0.5, 0.6) is 5.75 Å². The number of phenolic OH excluding ortho intramolecular Hbond substituents is 1. The van der Waals surface area contributed by atoms with Gasteiger partial charge in [-0.2, -0.15) is 4.68 Å². The molecule has 1 N–H and O–H groups in total. The maximum Gasteiger partial charge on any atom is 0.233 e. The van der Waals surface area contributed by atoms with Crippen LogP contribution in [0.1, 0.15) is 5.56 Å². The molecule has 4 rings (SSSR count). The lowest BCUT2D eigenvalue weighted by Crippen LogP contribution is -2.49. The lowest BCUT2D eigenvalue weighted by Gasteiger charge is -2.36. The van der Waals surface area contributed by atoms with Crippen molar-refractivity contribution >= 4 is 23.4 Å². The summed E-state index contributed by atoms with van der Waals surface area (Å²) in [6.07, 6.45) is 0. The number of phenols is 1. The Hall–Kier alpha value is -3.07. The molecule has 0 radical (unpaired) electrons. The summed E-state index contributed by atoms with van der Waals surface area (Å²) in [6, 6.07) is 15.0. The Morgan fingerprint density at radius 2 is 1.79 bits per heavy atom. The fourth-order valence-corrected chi connectivity index (χ4v) is 4.10. The molecule has 150 valence electrons. The molecule has 0 unspecified atom stereocenters. The van der Waals surface area contributed by atoms with Gasteiger partial charge in [-0.15, -0.1) is 5.10 Å². The molecular formula is C20H22N6O2S. The van der Waals surface area contributed by atoms with Crippen LogP contribution in [0, 0.1) is 6.92 Å². The van der Waals surface area contributed by atoms with Crippen LogP contribution in [-0.4, -0.2) is 68.1 Å². The molecule has 1 fully saturated rings. The zero-order valence-electron chi connectivity index (χ0n) is 16.1. The number of aryl methyl sites for hydroxylation is 1. The Kier molecular flexibility index (Phi) is 5.66. The third-order valence-electron chi connectivity index (χ3n) is 4.96. The van der Waals surface area contributed by atoms with E-state index in [0.29, 0.717) is 24.0 Å². The number of anilines is 1. The normalized spacial score (nSPS) is 14.2. The molecule has 0 aliphatic carbocycles. The summed E-state index contributed by atoms with van der Waals surface area (Å²) in [4.78, 5) is 16.8. The number of hydrogen-bond acceptors (Lipinski definition) is 7. The smallest absolute Gasteiger partial charge is 0.233 e. The molecule has 1 aromatic heterocycles. The van der Waals surface area contributed by atoms with Gasteiger partial charge >= 0.3 is 0 Å². The van der Waals surface area contributed by atoms with Crippen molar-refractivity contribution in [1.29, 1.82) is 0 Å². The Labute approximate surface area is 173 Å². The van der Waals surface area contributed by atoms with Gasteiger partial charge in [0.15, 0.2) is 0 Å². The minimum Gasteiger partial charge on any atom is -0.508 e. The zero-order valence-corrected chi connectivity index (χ0v) is 16.9. The van der Waals surface area contributed by atoms with Crippen molar-refractivity contribution in [3.05, 3.63) is 54.1 Å². The molecule has 1 aliphatic heterocycles. The molecule has 0 bridgehead atoms. The lowest BCUT2D eigenvalue weighted by atomic mass is 10.2. The third-order valence-corrected chi connectivity index (χ3v) is 5.86. The van der Waals surface area contributed by atoms with Gasteiger partial charge in [0.1, 0.15) is 5.75 Å². The predicted molar refractivity (Wildman–Crippen MR) is 112 cm³/mol. The molecule has 1 amide bonds. The molecule has 2 heterocycles. The topological polar surface area (TPSA) is 87.4 Å². The van der Waals surface area contributed by atoms with E-state index >= 15 is 0 Å². The Bertz CT molecular complexity index is 983. The maximum absolute atomic E-state index is 12.7. The van der Waals surface area contributed by atoms with Crippen molar-refractivity contribution in [2.24, 2.45) is 0 Å². The van der Waals surface area contributed by atoms with Crippen molar-refractivity contribution in [2.75, 3.05) is 36.8 Å². The van der Waals surface area contributed by atoms with Crippen molar-refractivity contribution in [3.63, 3.8) is 0 Å². The number of amides is 1. The van der Waals surface area contributed by atoms with Crippen LogP contribution in [0.2, 0.25) is 0 Å². The van der Waals surface area contributed by atoms with Crippen LogP contribution in [0.25, 0.3) is 5.69 Å². The van der Waals surface area contributed by atoms with Gasteiger partial charge in [-0.25, -0.2) is 0 Å². The van der Waals surface area contributed by atoms with Gasteiger partial charge in [-0.05, 0) is 53.2 Å². The summed E-state index contributed by atoms with van der Waals surface area (Å²) in [5, 5.41) is 22.0. The molecule has 29 heavy (non-hydrogen) atoms. The van der Waals surface area contributed by atoms with Crippen LogP contribution < -0.4 is 4.90 Å². The minimum absolute atomic E-state index is 0.0830. The molecule has 0 spiro atoms. The van der Waals surface area contributed by atoms with E-state index in [2.05, 4.69) is 20.4 Å². The van der Waals surface area contributed by atoms with Gasteiger partial charge in [-0.1, -0.05) is 30.0 Å². The molecule has 1 saturated heterocycles. The van der Waals surface area contributed by atoms with Gasteiger partial charge in [0.05, 0.1) is 11.4 Å². The first-order chi connectivity index (χ1) is 14.1. The molecule has 9 heteroatoms. The van der Waals surface area contributed by atoms with Crippen LogP contribution >= 0.6 is 11.8 Å². The van der Waals surface area contributed by atoms with Crippen molar-refractivity contribution in [1.82, 2.24) is 25.1 Å². The van der Waals surface area contributed by atoms with Crippen molar-refractivity contribution in [3.8, 4) is 11.4 Å². The number of thioether (sulfide) groups is 1. The number of rotatable bonds is 5. The summed E-state index contributed by atoms with van der Waals surface area (Å²) >= 11 is 1.35. The first-order valence-electron chi connectivity index (χ1n) is 9.41. The molecule has 0 saturated carbocycles. The molecule has 1 aliphatic rings. The van der Waals surface area contributed by atoms with Crippen molar-refractivity contribution in [2.45, 2.75) is 12.1 Å². The number of piperazine rings is 1. The largest absolute Gasteiger partial charge is 0.508 e. The highest BCUT2D eigenvalue weighted by molar-refractivity contribution is 7.99. The minimum atomic E-state index is 0.0830. The van der Waals surface area contributed by atoms with E-state index < -0.39 is 0 Å². The Balaban J connectivity index is 1.33. The third kappa shape index (κ3) is 4.34. The second-order valence-electron chi connectivity index (χ2n) is 6.83. The summed E-state index contributed by atoms with van der Waals surface area (Å²) in [5.74, 6) is 0.637. The molecule has 2 aromatic carbocycles. The highest BCUT2D eigenvalue weighted by Gasteiger charge is 2.22. The number of carbonyl (C=O) groups excluding carboxylic acids is 1. The van der Waals surface area contributed by atoms with E-state index in [1.807, 2.05) is 48.2 Å². The summed E-state index contributed by atoms with van der Waals surface area (Å²) < 4.78 is 1.68. The first-order valence-corrected chi connectivity index (χ1v) is 10.4. The second-order valence-corrected chi connectivity index (χ2v) is 7.78. The maximum atomic E-state index is 12.7. The average Bonchev–Trinajstić information content (AvgIpc) is 3.21. The highest BCUT2D eigenvalue weighted by atomic mass is 32.2. The first kappa shape index (κ1) is 19.3. The average molecular weight is 411 g/mol. The predicted octanol–water partition coefficient (Wildman–Crippen LogP) is 2.12. The Morgan fingerprint density at radius 3 is 2.52 bits per heavy atom. The van der Waals surface area contributed by atoms with E-state index in [-0.39, 0.29) is 11.7 Å². The van der Waals surface area contributed by atoms with Gasteiger partial charge < -0.3 is 14.9 Å². The number of para-hydroxylation sites is 1. The second kappa shape index (κ2) is 8.52. The lowest BCUT2D eigenvalue weighted by molar-refractivity contribution is -0.128. The number of benzene rings is 2. The van der Waals surface area contributed by atoms with Gasteiger partial charge in [0.25, 0.3) is 0 Å². The van der Waals surface area contributed by atoms with Gasteiger partial charge in [-0.3, -0.25) is 4.79 Å². The number of aromatic hydroxyl groups is 1. The van der Waals surface area contributed by atoms with Crippen LogP contribution in [0.3, 0.4) is 0 Å². The van der Waals surface area contributed by atoms with Crippen LogP contribution in [-0.2, 0) is 4.79 Å². The standard InChI is InChI=1S/C20H22N6O2S/c1-15-4-2-3-5-18(15)26-20(21-22-23-26)29-14-19(28)25-12-10-24(11-13-25)16-6-8-17(27)9-7-16/h2-9,27H,10-14H2,1H3. The number of tetrazole rings is 1. The SMILES string of the molecule is Cc1ccccc1-n1nnnc1SCC(=O)N1CCN(c2ccc(O)cc2)CC1. The fraction of sp³-hybridized carbons (Fsp3) is 0.300.